The lowest BCUT2D eigenvalue weighted by Gasteiger charge is -2.33. The molecule has 0 saturated carbocycles. The molecule has 25 heavy (non-hydrogen) atoms. The number of rotatable bonds is 4. The fourth-order valence-corrected chi connectivity index (χ4v) is 4.14. The second-order valence-electron chi connectivity index (χ2n) is 5.55. The van der Waals surface area contributed by atoms with Gasteiger partial charge in [-0.25, -0.2) is 8.42 Å². The van der Waals surface area contributed by atoms with Crippen LogP contribution >= 0.6 is 0 Å². The van der Waals surface area contributed by atoms with E-state index < -0.39 is 14.9 Å². The zero-order valence-corrected chi connectivity index (χ0v) is 14.0. The maximum atomic E-state index is 12.7. The summed E-state index contributed by atoms with van der Waals surface area (Å²) in [7, 11) is -3.84. The molecule has 1 saturated heterocycles. The van der Waals surface area contributed by atoms with E-state index in [1.54, 1.807) is 23.4 Å². The standard InChI is InChI=1S/C15H16N4O5S/c20-15(12-4-5-16-11-12)17-6-8-18(9-7-17)25(23,24)14-3-1-2-13(10-14)19(21)22/h1-5,10-11,16H,6-9H2. The SMILES string of the molecule is O=C(c1cc[nH]c1)N1CCN(S(=O)(=O)c2cccc([N+](=O)[O-])c2)CC1. The Bertz CT molecular complexity index is 886. The smallest absolute Gasteiger partial charge is 0.270 e. The van der Waals surface area contributed by atoms with Gasteiger partial charge in [-0.2, -0.15) is 4.31 Å². The van der Waals surface area contributed by atoms with Gasteiger partial charge in [-0.1, -0.05) is 6.07 Å². The van der Waals surface area contributed by atoms with Gasteiger partial charge in [-0.3, -0.25) is 14.9 Å². The van der Waals surface area contributed by atoms with Gasteiger partial charge in [-0.05, 0) is 12.1 Å². The first-order chi connectivity index (χ1) is 11.9. The zero-order valence-electron chi connectivity index (χ0n) is 13.2. The Hall–Kier alpha value is -2.72. The van der Waals surface area contributed by atoms with Crippen molar-refractivity contribution in [1.82, 2.24) is 14.2 Å². The van der Waals surface area contributed by atoms with Crippen LogP contribution in [-0.4, -0.2) is 59.6 Å². The molecule has 0 bridgehead atoms. The minimum atomic E-state index is -3.84. The van der Waals surface area contributed by atoms with Crippen molar-refractivity contribution in [2.24, 2.45) is 0 Å². The summed E-state index contributed by atoms with van der Waals surface area (Å²) in [5.41, 5.74) is 0.248. The number of aromatic nitrogens is 1. The van der Waals surface area contributed by atoms with Crippen molar-refractivity contribution in [2.75, 3.05) is 26.2 Å². The van der Waals surface area contributed by atoms with Crippen LogP contribution in [0.2, 0.25) is 0 Å². The molecule has 0 atom stereocenters. The number of non-ortho nitro benzene ring substituents is 1. The third kappa shape index (κ3) is 3.39. The zero-order chi connectivity index (χ0) is 18.0. The van der Waals surface area contributed by atoms with Crippen LogP contribution in [0.5, 0.6) is 0 Å². The van der Waals surface area contributed by atoms with E-state index in [1.165, 1.54) is 22.5 Å². The molecule has 132 valence electrons. The van der Waals surface area contributed by atoms with Crippen LogP contribution in [0.25, 0.3) is 0 Å². The number of nitrogens with one attached hydrogen (secondary N) is 1. The van der Waals surface area contributed by atoms with Gasteiger partial charge in [0.2, 0.25) is 10.0 Å². The summed E-state index contributed by atoms with van der Waals surface area (Å²) >= 11 is 0. The number of hydrogen-bond donors (Lipinski definition) is 1. The average molecular weight is 364 g/mol. The molecule has 1 N–H and O–H groups in total. The Morgan fingerprint density at radius 2 is 1.88 bits per heavy atom. The predicted molar refractivity (Wildman–Crippen MR) is 88.6 cm³/mol. The fourth-order valence-electron chi connectivity index (χ4n) is 2.68. The highest BCUT2D eigenvalue weighted by Gasteiger charge is 2.31. The molecule has 0 aliphatic carbocycles. The van der Waals surface area contributed by atoms with Crippen molar-refractivity contribution >= 4 is 21.6 Å². The monoisotopic (exact) mass is 364 g/mol. The summed E-state index contributed by atoms with van der Waals surface area (Å²) < 4.78 is 26.6. The van der Waals surface area contributed by atoms with Gasteiger partial charge >= 0.3 is 0 Å². The molecule has 1 fully saturated rings. The summed E-state index contributed by atoms with van der Waals surface area (Å²) in [6.07, 6.45) is 3.24. The molecule has 0 spiro atoms. The van der Waals surface area contributed by atoms with Gasteiger partial charge in [-0.15, -0.1) is 0 Å². The molecule has 1 aliphatic heterocycles. The van der Waals surface area contributed by atoms with Crippen molar-refractivity contribution in [2.45, 2.75) is 4.90 Å². The number of piperazine rings is 1. The van der Waals surface area contributed by atoms with Crippen LogP contribution < -0.4 is 0 Å². The van der Waals surface area contributed by atoms with Crippen molar-refractivity contribution in [1.29, 1.82) is 0 Å². The topological polar surface area (TPSA) is 117 Å². The molecule has 3 rings (SSSR count). The van der Waals surface area contributed by atoms with Gasteiger partial charge in [0.15, 0.2) is 0 Å². The van der Waals surface area contributed by atoms with E-state index >= 15 is 0 Å². The molecule has 2 aromatic rings. The van der Waals surface area contributed by atoms with Crippen molar-refractivity contribution in [3.8, 4) is 0 Å². The highest BCUT2D eigenvalue weighted by atomic mass is 32.2. The number of nitro benzene ring substituents is 1. The number of benzene rings is 1. The summed E-state index contributed by atoms with van der Waals surface area (Å²) in [5, 5.41) is 10.8. The molecular formula is C15H16N4O5S. The third-order valence-electron chi connectivity index (χ3n) is 4.04. The lowest BCUT2D eigenvalue weighted by molar-refractivity contribution is -0.385. The second-order valence-corrected chi connectivity index (χ2v) is 7.49. The first-order valence-corrected chi connectivity index (χ1v) is 9.00. The molecule has 10 heteroatoms. The number of H-pyrrole nitrogens is 1. The van der Waals surface area contributed by atoms with E-state index in [9.17, 15) is 23.3 Å². The van der Waals surface area contributed by atoms with Gasteiger partial charge < -0.3 is 9.88 Å². The highest BCUT2D eigenvalue weighted by Crippen LogP contribution is 2.22. The summed E-state index contributed by atoms with van der Waals surface area (Å²) in [6.45, 7) is 0.804. The molecule has 1 aliphatic rings. The lowest BCUT2D eigenvalue weighted by atomic mass is 10.2. The number of carbonyl (C=O) groups is 1. The van der Waals surface area contributed by atoms with Gasteiger partial charge in [0.25, 0.3) is 11.6 Å². The minimum absolute atomic E-state index is 0.118. The quantitative estimate of drug-likeness (QED) is 0.643. The maximum Gasteiger partial charge on any atom is 0.270 e. The number of aromatic amines is 1. The molecule has 2 heterocycles. The van der Waals surface area contributed by atoms with E-state index in [0.29, 0.717) is 5.56 Å². The molecular weight excluding hydrogens is 348 g/mol. The number of carbonyl (C=O) groups excluding carboxylic acids is 1. The molecule has 0 unspecified atom stereocenters. The summed E-state index contributed by atoms with van der Waals surface area (Å²) in [5.74, 6) is -0.159. The minimum Gasteiger partial charge on any atom is -0.367 e. The van der Waals surface area contributed by atoms with Crippen molar-refractivity contribution in [3.05, 3.63) is 58.4 Å². The number of nitrogens with zero attached hydrogens (tertiary/aromatic N) is 3. The van der Waals surface area contributed by atoms with Crippen LogP contribution in [-0.2, 0) is 10.0 Å². The Labute approximate surface area is 144 Å². The lowest BCUT2D eigenvalue weighted by Crippen LogP contribution is -2.50. The van der Waals surface area contributed by atoms with Crippen molar-refractivity contribution in [3.63, 3.8) is 0 Å². The molecule has 1 aromatic heterocycles. The molecule has 1 amide bonds. The normalized spacial score (nSPS) is 15.9. The van der Waals surface area contributed by atoms with Gasteiger partial charge in [0.05, 0.1) is 15.4 Å². The molecule has 0 radical (unpaired) electrons. The largest absolute Gasteiger partial charge is 0.367 e. The summed E-state index contributed by atoms with van der Waals surface area (Å²) in [6, 6.07) is 6.63. The van der Waals surface area contributed by atoms with Crippen LogP contribution in [0.1, 0.15) is 10.4 Å². The van der Waals surface area contributed by atoms with Gasteiger partial charge in [0.1, 0.15) is 0 Å². The predicted octanol–water partition coefficient (Wildman–Crippen LogP) is 1.07. The highest BCUT2D eigenvalue weighted by molar-refractivity contribution is 7.89. The van der Waals surface area contributed by atoms with E-state index in [0.717, 1.165) is 6.07 Å². The van der Waals surface area contributed by atoms with Crippen LogP contribution in [0, 0.1) is 10.1 Å². The Morgan fingerprint density at radius 1 is 1.16 bits per heavy atom. The Kier molecular flexibility index (Phi) is 4.55. The van der Waals surface area contributed by atoms with Gasteiger partial charge in [0, 0.05) is 50.7 Å². The first kappa shape index (κ1) is 17.1. The summed E-state index contributed by atoms with van der Waals surface area (Å²) in [4.78, 5) is 26.8. The number of sulfonamides is 1. The van der Waals surface area contributed by atoms with E-state index in [4.69, 9.17) is 0 Å². The molecule has 9 nitrogen and oxygen atoms in total. The van der Waals surface area contributed by atoms with E-state index in [1.807, 2.05) is 0 Å². The average Bonchev–Trinajstić information content (AvgIpc) is 3.16. The number of amides is 1. The molecule has 1 aromatic carbocycles. The first-order valence-electron chi connectivity index (χ1n) is 7.56. The van der Waals surface area contributed by atoms with E-state index in [2.05, 4.69) is 4.98 Å². The number of hydrogen-bond acceptors (Lipinski definition) is 5. The van der Waals surface area contributed by atoms with Crippen molar-refractivity contribution < 1.29 is 18.1 Å². The second kappa shape index (κ2) is 6.65. The van der Waals surface area contributed by atoms with Crippen LogP contribution in [0.15, 0.2) is 47.6 Å². The fraction of sp³-hybridized carbons (Fsp3) is 0.267. The van der Waals surface area contributed by atoms with Crippen LogP contribution in [0.3, 0.4) is 0 Å². The Balaban J connectivity index is 1.72. The third-order valence-corrected chi connectivity index (χ3v) is 5.93. The number of nitro groups is 1. The maximum absolute atomic E-state index is 12.7. The van der Waals surface area contributed by atoms with Crippen LogP contribution in [0.4, 0.5) is 5.69 Å². The van der Waals surface area contributed by atoms with E-state index in [-0.39, 0.29) is 42.7 Å². The Morgan fingerprint density at radius 3 is 2.48 bits per heavy atom.